The van der Waals surface area contributed by atoms with Crippen molar-refractivity contribution in [3.05, 3.63) is 30.3 Å². The number of nitrogens with two attached hydrogens (primary N) is 1. The molecule has 0 radical (unpaired) electrons. The fraction of sp³-hybridized carbons (Fsp3) is 0.222. The van der Waals surface area contributed by atoms with Crippen LogP contribution in [0.4, 0.5) is 5.69 Å². The number of rotatable bonds is 1. The van der Waals surface area contributed by atoms with Crippen LogP contribution in [0, 0.1) is 0 Å². The number of nitrogens with zero attached hydrogens (tertiary/aromatic N) is 2. The van der Waals surface area contributed by atoms with Crippen LogP contribution in [-0.2, 0) is 0 Å². The van der Waals surface area contributed by atoms with Gasteiger partial charge in [-0.1, -0.05) is 18.2 Å². The number of hydrogen-bond donors (Lipinski definition) is 2. The smallest absolute Gasteiger partial charge is 0.213 e. The zero-order valence-corrected chi connectivity index (χ0v) is 8.50. The monoisotopic (exact) mass is 212 g/mol. The van der Waals surface area contributed by atoms with Crippen LogP contribution >= 0.6 is 12.4 Å². The van der Waals surface area contributed by atoms with Gasteiger partial charge in [0.05, 0.1) is 13.1 Å². The number of anilines is 1. The van der Waals surface area contributed by atoms with Crippen molar-refractivity contribution in [2.24, 2.45) is 10.8 Å². The van der Waals surface area contributed by atoms with E-state index in [1.807, 2.05) is 30.3 Å². The fourth-order valence-electron chi connectivity index (χ4n) is 1.22. The first-order valence-corrected chi connectivity index (χ1v) is 4.25. The summed E-state index contributed by atoms with van der Waals surface area (Å²) in [4.78, 5) is 4.22. The van der Waals surface area contributed by atoms with Gasteiger partial charge in [-0.25, -0.2) is 10.8 Å². The van der Waals surface area contributed by atoms with Gasteiger partial charge in [-0.2, -0.15) is 0 Å². The predicted octanol–water partition coefficient (Wildman–Crippen LogP) is 1.07. The third-order valence-electron chi connectivity index (χ3n) is 1.90. The lowest BCUT2D eigenvalue weighted by atomic mass is 10.3. The van der Waals surface area contributed by atoms with Crippen molar-refractivity contribution in [1.29, 1.82) is 0 Å². The van der Waals surface area contributed by atoms with Crippen molar-refractivity contribution < 1.29 is 0 Å². The summed E-state index contributed by atoms with van der Waals surface area (Å²) in [6, 6.07) is 9.88. The van der Waals surface area contributed by atoms with E-state index in [1.54, 1.807) is 5.01 Å². The van der Waals surface area contributed by atoms with Crippen LogP contribution in [0.15, 0.2) is 35.3 Å². The van der Waals surface area contributed by atoms with Crippen molar-refractivity contribution in [3.8, 4) is 0 Å². The maximum absolute atomic E-state index is 5.67. The number of nitrogens with one attached hydrogen (secondary N) is 1. The minimum absolute atomic E-state index is 0. The average molecular weight is 213 g/mol. The van der Waals surface area contributed by atoms with E-state index in [9.17, 15) is 0 Å². The normalized spacial score (nSPS) is 14.6. The van der Waals surface area contributed by atoms with Crippen molar-refractivity contribution in [2.45, 2.75) is 0 Å². The van der Waals surface area contributed by atoms with Crippen LogP contribution in [0.1, 0.15) is 0 Å². The minimum Gasteiger partial charge on any atom is -0.325 e. The maximum Gasteiger partial charge on any atom is 0.213 e. The largest absolute Gasteiger partial charge is 0.325 e. The Hall–Kier alpha value is -1.26. The van der Waals surface area contributed by atoms with Crippen LogP contribution in [0.2, 0.25) is 0 Å². The molecule has 0 unspecified atom stereocenters. The zero-order chi connectivity index (χ0) is 9.10. The highest BCUT2D eigenvalue weighted by atomic mass is 35.5. The summed E-state index contributed by atoms with van der Waals surface area (Å²) in [7, 11) is 0. The van der Waals surface area contributed by atoms with E-state index in [0.717, 1.165) is 24.7 Å². The molecule has 3 N–H and O–H groups in total. The molecule has 1 aromatic carbocycles. The molecule has 0 aliphatic carbocycles. The van der Waals surface area contributed by atoms with Crippen molar-refractivity contribution >= 4 is 24.1 Å². The molecule has 1 aliphatic rings. The molecule has 0 atom stereocenters. The lowest BCUT2D eigenvalue weighted by Crippen LogP contribution is -2.38. The summed E-state index contributed by atoms with van der Waals surface area (Å²) >= 11 is 0. The quantitative estimate of drug-likeness (QED) is 0.685. The van der Waals surface area contributed by atoms with Gasteiger partial charge in [-0.3, -0.25) is 5.01 Å². The first kappa shape index (κ1) is 10.8. The highest BCUT2D eigenvalue weighted by Gasteiger charge is 2.12. The summed E-state index contributed by atoms with van der Waals surface area (Å²) in [6.07, 6.45) is 0. The van der Waals surface area contributed by atoms with Crippen molar-refractivity contribution in [2.75, 3.05) is 18.4 Å². The Morgan fingerprint density at radius 1 is 1.29 bits per heavy atom. The van der Waals surface area contributed by atoms with Gasteiger partial charge in [0, 0.05) is 5.69 Å². The van der Waals surface area contributed by atoms with Gasteiger partial charge in [0.2, 0.25) is 5.96 Å². The van der Waals surface area contributed by atoms with Crippen LogP contribution in [-0.4, -0.2) is 24.1 Å². The molecular weight excluding hydrogens is 200 g/mol. The standard InChI is InChI=1S/C9H12N4.ClH/c10-13-7-6-11-9(13)12-8-4-2-1-3-5-8;/h1-5H,6-7,10H2,(H,11,12);1H. The SMILES string of the molecule is Cl.NN1CCN=C1Nc1ccccc1. The molecule has 1 heterocycles. The molecule has 1 aliphatic heterocycles. The molecule has 14 heavy (non-hydrogen) atoms. The fourth-order valence-corrected chi connectivity index (χ4v) is 1.22. The van der Waals surface area contributed by atoms with Crippen molar-refractivity contribution in [1.82, 2.24) is 5.01 Å². The molecule has 0 spiro atoms. The second-order valence-electron chi connectivity index (χ2n) is 2.89. The number of hydrogen-bond acceptors (Lipinski definition) is 4. The Morgan fingerprint density at radius 3 is 2.57 bits per heavy atom. The van der Waals surface area contributed by atoms with E-state index in [1.165, 1.54) is 0 Å². The van der Waals surface area contributed by atoms with Gasteiger partial charge in [0.15, 0.2) is 0 Å². The summed E-state index contributed by atoms with van der Waals surface area (Å²) in [6.45, 7) is 1.56. The van der Waals surface area contributed by atoms with Crippen LogP contribution in [0.25, 0.3) is 0 Å². The Bertz CT molecular complexity index is 312. The maximum atomic E-state index is 5.67. The first-order valence-electron chi connectivity index (χ1n) is 4.25. The molecule has 0 fully saturated rings. The lowest BCUT2D eigenvalue weighted by molar-refractivity contribution is 0.483. The van der Waals surface area contributed by atoms with E-state index < -0.39 is 0 Å². The van der Waals surface area contributed by atoms with Gasteiger partial charge >= 0.3 is 0 Å². The van der Waals surface area contributed by atoms with Crippen LogP contribution in [0.3, 0.4) is 0 Å². The zero-order valence-electron chi connectivity index (χ0n) is 7.68. The molecule has 76 valence electrons. The van der Waals surface area contributed by atoms with Gasteiger partial charge in [-0.05, 0) is 12.1 Å². The molecule has 4 nitrogen and oxygen atoms in total. The Labute approximate surface area is 89.2 Å². The molecule has 0 saturated heterocycles. The van der Waals surface area contributed by atoms with Crippen LogP contribution < -0.4 is 11.2 Å². The second kappa shape index (κ2) is 4.83. The average Bonchev–Trinajstić information content (AvgIpc) is 2.54. The van der Waals surface area contributed by atoms with E-state index >= 15 is 0 Å². The van der Waals surface area contributed by atoms with E-state index in [4.69, 9.17) is 5.84 Å². The molecule has 5 heteroatoms. The third kappa shape index (κ3) is 2.37. The van der Waals surface area contributed by atoms with Gasteiger partial charge in [0.1, 0.15) is 0 Å². The third-order valence-corrected chi connectivity index (χ3v) is 1.90. The number of hydrazine groups is 1. The molecule has 1 aromatic rings. The highest BCUT2D eigenvalue weighted by molar-refractivity contribution is 5.94. The van der Waals surface area contributed by atoms with Crippen molar-refractivity contribution in [3.63, 3.8) is 0 Å². The summed E-state index contributed by atoms with van der Waals surface area (Å²) in [5.41, 5.74) is 1.01. The summed E-state index contributed by atoms with van der Waals surface area (Å²) < 4.78 is 0. The lowest BCUT2D eigenvalue weighted by Gasteiger charge is -2.14. The number of benzene rings is 1. The minimum atomic E-state index is 0. The summed E-state index contributed by atoms with van der Waals surface area (Å²) in [5, 5.41) is 4.76. The summed E-state index contributed by atoms with van der Waals surface area (Å²) in [5.74, 6) is 6.41. The predicted molar refractivity (Wildman–Crippen MR) is 60.5 cm³/mol. The topological polar surface area (TPSA) is 53.6 Å². The molecule has 0 bridgehead atoms. The number of para-hydroxylation sites is 1. The highest BCUT2D eigenvalue weighted by Crippen LogP contribution is 2.07. The van der Waals surface area contributed by atoms with Gasteiger partial charge in [0.25, 0.3) is 0 Å². The Balaban J connectivity index is 0.000000980. The second-order valence-corrected chi connectivity index (χ2v) is 2.89. The number of guanidine groups is 1. The van der Waals surface area contributed by atoms with E-state index in [-0.39, 0.29) is 12.4 Å². The first-order chi connectivity index (χ1) is 6.36. The Morgan fingerprint density at radius 2 is 2.00 bits per heavy atom. The molecule has 2 rings (SSSR count). The van der Waals surface area contributed by atoms with Gasteiger partial charge in [-0.15, -0.1) is 12.4 Å². The van der Waals surface area contributed by atoms with Crippen LogP contribution in [0.5, 0.6) is 0 Å². The van der Waals surface area contributed by atoms with E-state index in [2.05, 4.69) is 10.3 Å². The molecular formula is C9H13ClN4. The van der Waals surface area contributed by atoms with E-state index in [0.29, 0.717) is 0 Å². The molecule has 0 aromatic heterocycles. The molecule has 0 amide bonds. The number of aliphatic imine (C=N–C) groups is 1. The number of halogens is 1. The molecule has 0 saturated carbocycles. The Kier molecular flexibility index (Phi) is 3.73. The van der Waals surface area contributed by atoms with Gasteiger partial charge < -0.3 is 5.32 Å².